The lowest BCUT2D eigenvalue weighted by atomic mass is 10.0. The highest BCUT2D eigenvalue weighted by Crippen LogP contribution is 2.29. The molecule has 0 spiro atoms. The molecule has 47 heavy (non-hydrogen) atoms. The molecule has 0 saturated heterocycles. The number of sulfonamides is 1. The first-order valence-corrected chi connectivity index (χ1v) is 17.3. The summed E-state index contributed by atoms with van der Waals surface area (Å²) in [5.41, 5.74) is 1.09. The van der Waals surface area contributed by atoms with Crippen molar-refractivity contribution in [2.24, 2.45) is 5.92 Å². The van der Waals surface area contributed by atoms with Gasteiger partial charge in [0.2, 0.25) is 10.0 Å². The molecule has 4 atom stereocenters. The summed E-state index contributed by atoms with van der Waals surface area (Å²) >= 11 is 0. The van der Waals surface area contributed by atoms with E-state index in [1.54, 1.807) is 49.4 Å². The molecule has 254 valence electrons. The number of benzene rings is 3. The highest BCUT2D eigenvalue weighted by Gasteiger charge is 2.32. The van der Waals surface area contributed by atoms with Crippen molar-refractivity contribution in [3.63, 3.8) is 0 Å². The number of carbonyl (C=O) groups excluding carboxylic acids is 2. The molecular weight excluding hydrogens is 625 g/mol. The quantitative estimate of drug-likeness (QED) is 0.338. The van der Waals surface area contributed by atoms with E-state index in [2.05, 4.69) is 5.32 Å². The van der Waals surface area contributed by atoms with Gasteiger partial charge in [-0.25, -0.2) is 12.8 Å². The van der Waals surface area contributed by atoms with Crippen molar-refractivity contribution in [2.45, 2.75) is 63.2 Å². The number of aliphatic hydroxyl groups excluding tert-OH is 1. The summed E-state index contributed by atoms with van der Waals surface area (Å²) in [4.78, 5) is 28.7. The van der Waals surface area contributed by atoms with Crippen molar-refractivity contribution in [1.82, 2.24) is 9.21 Å². The molecule has 4 rings (SSSR count). The number of anilines is 1. The summed E-state index contributed by atoms with van der Waals surface area (Å²) in [7, 11) is -2.51. The van der Waals surface area contributed by atoms with E-state index in [0.29, 0.717) is 36.4 Å². The Morgan fingerprint density at radius 1 is 1.09 bits per heavy atom. The van der Waals surface area contributed by atoms with Gasteiger partial charge in [0.1, 0.15) is 11.6 Å². The van der Waals surface area contributed by atoms with Crippen molar-refractivity contribution in [2.75, 3.05) is 38.7 Å². The number of fused-ring (bicyclic) bond motifs is 1. The minimum absolute atomic E-state index is 0.0117. The van der Waals surface area contributed by atoms with E-state index in [1.165, 1.54) is 28.4 Å². The Hall–Kier alpha value is -3.84. The van der Waals surface area contributed by atoms with Gasteiger partial charge in [-0.15, -0.1) is 0 Å². The summed E-state index contributed by atoms with van der Waals surface area (Å²) < 4.78 is 53.9. The van der Waals surface area contributed by atoms with Crippen molar-refractivity contribution < 1.29 is 37.0 Å². The first kappa shape index (κ1) is 36.0. The Kier molecular flexibility index (Phi) is 12.5. The van der Waals surface area contributed by atoms with E-state index < -0.39 is 33.9 Å². The normalized spacial score (nSPS) is 20.5. The van der Waals surface area contributed by atoms with E-state index >= 15 is 0 Å². The van der Waals surface area contributed by atoms with Crippen LogP contribution >= 0.6 is 0 Å². The molecule has 1 aliphatic heterocycles. The molecule has 0 radical (unpaired) electrons. The summed E-state index contributed by atoms with van der Waals surface area (Å²) in [5.74, 6) is -1.30. The molecule has 10 nitrogen and oxygen atoms in total. The topological polar surface area (TPSA) is 125 Å². The number of halogens is 1. The van der Waals surface area contributed by atoms with Crippen molar-refractivity contribution in [1.29, 1.82) is 0 Å². The van der Waals surface area contributed by atoms with E-state index in [0.717, 1.165) is 18.6 Å². The smallest absolute Gasteiger partial charge is 0.258 e. The summed E-state index contributed by atoms with van der Waals surface area (Å²) in [6, 6.07) is 17.7. The molecule has 3 aromatic carbocycles. The minimum atomic E-state index is -3.95. The number of nitrogens with zero attached hydrogens (tertiary/aromatic N) is 2. The van der Waals surface area contributed by atoms with Crippen molar-refractivity contribution in [3.05, 3.63) is 89.7 Å². The lowest BCUT2D eigenvalue weighted by Crippen LogP contribution is -2.48. The van der Waals surface area contributed by atoms with Crippen LogP contribution in [0.15, 0.2) is 77.7 Å². The second kappa shape index (κ2) is 16.3. The van der Waals surface area contributed by atoms with E-state index in [-0.39, 0.29) is 48.1 Å². The van der Waals surface area contributed by atoms with Crippen LogP contribution in [-0.2, 0) is 14.8 Å². The van der Waals surface area contributed by atoms with Crippen LogP contribution in [0.4, 0.5) is 10.1 Å². The molecular formula is C35H44FN3O7S. The molecule has 0 saturated carbocycles. The van der Waals surface area contributed by atoms with Gasteiger partial charge in [0.15, 0.2) is 0 Å². The van der Waals surface area contributed by atoms with Crippen LogP contribution in [-0.4, -0.2) is 86.1 Å². The maximum absolute atomic E-state index is 14.3. The lowest BCUT2D eigenvalue weighted by molar-refractivity contribution is -0.00834. The van der Waals surface area contributed by atoms with E-state index in [4.69, 9.17) is 9.47 Å². The average molecular weight is 670 g/mol. The van der Waals surface area contributed by atoms with Gasteiger partial charge in [-0.05, 0) is 87.7 Å². The SMILES string of the molecule is C[C@H](CO)N1C[C@H](C)[C@@H](CN(C)S(=O)(=O)c2ccc(F)cc2)OCCCC[C@H](C)Oc2ccc(NC(=O)c3ccccc3)cc2C1=O. The standard InChI is InChI=1S/C35H44FN3O7S/c1-24-21-39(25(2)23-40)35(42)31-20-29(37-34(41)27-11-6-5-7-12-27)15-18-32(31)46-26(3)10-8-9-19-45-33(24)22-38(4)47(43,44)30-16-13-28(36)14-17-30/h5-7,11-18,20,24-26,33,40H,8-10,19,21-23H2,1-4H3,(H,37,41)/t24-,25+,26-,33+/m0/s1. The second-order valence-corrected chi connectivity index (χ2v) is 14.1. The molecule has 3 aromatic rings. The third-order valence-electron chi connectivity index (χ3n) is 8.30. The Morgan fingerprint density at radius 3 is 2.47 bits per heavy atom. The number of nitrogens with one attached hydrogen (secondary N) is 1. The van der Waals surface area contributed by atoms with E-state index in [9.17, 15) is 27.5 Å². The zero-order valence-electron chi connectivity index (χ0n) is 27.3. The van der Waals surface area contributed by atoms with Crippen molar-refractivity contribution >= 4 is 27.5 Å². The highest BCUT2D eigenvalue weighted by atomic mass is 32.2. The Morgan fingerprint density at radius 2 is 1.79 bits per heavy atom. The zero-order chi connectivity index (χ0) is 34.1. The lowest BCUT2D eigenvalue weighted by Gasteiger charge is -2.35. The van der Waals surface area contributed by atoms with Gasteiger partial charge in [-0.3, -0.25) is 9.59 Å². The Labute approximate surface area is 276 Å². The number of hydrogen-bond donors (Lipinski definition) is 2. The van der Waals surface area contributed by atoms with Gasteiger partial charge in [0.25, 0.3) is 11.8 Å². The van der Waals surface area contributed by atoms with Crippen LogP contribution < -0.4 is 10.1 Å². The Balaban J connectivity index is 1.65. The molecule has 1 aliphatic rings. The predicted octanol–water partition coefficient (Wildman–Crippen LogP) is 5.19. The van der Waals surface area contributed by atoms with Gasteiger partial charge in [-0.2, -0.15) is 4.31 Å². The van der Waals surface area contributed by atoms with Gasteiger partial charge in [0, 0.05) is 43.9 Å². The number of likely N-dealkylation sites (N-methyl/N-ethyl adjacent to an activating group) is 1. The first-order valence-electron chi connectivity index (χ1n) is 15.8. The molecule has 12 heteroatoms. The number of rotatable bonds is 8. The molecule has 2 N–H and O–H groups in total. The first-order chi connectivity index (χ1) is 22.4. The number of aliphatic hydroxyl groups is 1. The summed E-state index contributed by atoms with van der Waals surface area (Å²) in [6.45, 7) is 5.68. The molecule has 0 fully saturated rings. The summed E-state index contributed by atoms with van der Waals surface area (Å²) in [5, 5.41) is 13.0. The van der Waals surface area contributed by atoms with Crippen LogP contribution in [0.2, 0.25) is 0 Å². The number of amides is 2. The van der Waals surface area contributed by atoms with Crippen LogP contribution in [0.1, 0.15) is 60.7 Å². The minimum Gasteiger partial charge on any atom is -0.490 e. The molecule has 0 unspecified atom stereocenters. The monoisotopic (exact) mass is 669 g/mol. The van der Waals surface area contributed by atoms with Crippen LogP contribution in [0, 0.1) is 11.7 Å². The second-order valence-electron chi connectivity index (χ2n) is 12.1. The average Bonchev–Trinajstić information content (AvgIpc) is 3.06. The third kappa shape index (κ3) is 9.38. The van der Waals surface area contributed by atoms with Crippen LogP contribution in [0.5, 0.6) is 5.75 Å². The predicted molar refractivity (Wildman–Crippen MR) is 177 cm³/mol. The number of carbonyl (C=O) groups is 2. The molecule has 1 heterocycles. The maximum Gasteiger partial charge on any atom is 0.258 e. The van der Waals surface area contributed by atoms with E-state index in [1.807, 2.05) is 19.9 Å². The van der Waals surface area contributed by atoms with Crippen molar-refractivity contribution in [3.8, 4) is 5.75 Å². The molecule has 2 amide bonds. The van der Waals surface area contributed by atoms with Crippen LogP contribution in [0.3, 0.4) is 0 Å². The largest absolute Gasteiger partial charge is 0.490 e. The molecule has 0 aromatic heterocycles. The highest BCUT2D eigenvalue weighted by molar-refractivity contribution is 7.89. The van der Waals surface area contributed by atoms with Gasteiger partial charge in [0.05, 0.1) is 35.3 Å². The van der Waals surface area contributed by atoms with Gasteiger partial charge in [-0.1, -0.05) is 25.1 Å². The zero-order valence-corrected chi connectivity index (χ0v) is 28.1. The maximum atomic E-state index is 14.3. The molecule has 0 bridgehead atoms. The third-order valence-corrected chi connectivity index (χ3v) is 10.1. The Bertz CT molecular complexity index is 1610. The summed E-state index contributed by atoms with van der Waals surface area (Å²) in [6.07, 6.45) is 1.31. The fourth-order valence-electron chi connectivity index (χ4n) is 5.39. The number of ether oxygens (including phenoxy) is 2. The fourth-order valence-corrected chi connectivity index (χ4v) is 6.58. The number of hydrogen-bond acceptors (Lipinski definition) is 7. The van der Waals surface area contributed by atoms with Crippen LogP contribution in [0.25, 0.3) is 0 Å². The van der Waals surface area contributed by atoms with Gasteiger partial charge < -0.3 is 24.8 Å². The van der Waals surface area contributed by atoms with Gasteiger partial charge >= 0.3 is 0 Å². The fraction of sp³-hybridized carbons (Fsp3) is 0.429. The molecule has 0 aliphatic carbocycles.